The van der Waals surface area contributed by atoms with Gasteiger partial charge in [-0.2, -0.15) is 0 Å². The first-order valence-electron chi connectivity index (χ1n) is 5.80. The molecule has 0 saturated heterocycles. The molecule has 2 atom stereocenters. The molecule has 0 radical (unpaired) electrons. The Morgan fingerprint density at radius 1 is 1.38 bits per heavy atom. The van der Waals surface area contributed by atoms with E-state index >= 15 is 0 Å². The molecule has 5 nitrogen and oxygen atoms in total. The van der Waals surface area contributed by atoms with Crippen LogP contribution in [0.5, 0.6) is 0 Å². The Bertz CT molecular complexity index is 256. The van der Waals surface area contributed by atoms with Crippen LogP contribution in [0, 0.1) is 5.92 Å². The number of carboxylic acid groups (broad SMARTS) is 1. The Hall–Kier alpha value is -1.10. The van der Waals surface area contributed by atoms with Crippen LogP contribution in [0.3, 0.4) is 0 Å². The molecule has 1 aliphatic carbocycles. The lowest BCUT2D eigenvalue weighted by Gasteiger charge is -2.27. The van der Waals surface area contributed by atoms with E-state index in [9.17, 15) is 9.59 Å². The SMILES string of the molecule is CNCCC(=O)NC1CCCC(C(=O)O)C1. The number of hydrogen-bond donors (Lipinski definition) is 3. The quantitative estimate of drug-likeness (QED) is 0.634. The standard InChI is InChI=1S/C11H20N2O3/c1-12-6-5-10(14)13-9-4-2-3-8(7-9)11(15)16/h8-9,12H,2-7H2,1H3,(H,13,14)(H,15,16). The van der Waals surface area contributed by atoms with Crippen molar-refractivity contribution < 1.29 is 14.7 Å². The molecule has 0 spiro atoms. The predicted molar refractivity (Wildman–Crippen MR) is 60.1 cm³/mol. The molecule has 0 aromatic heterocycles. The maximum absolute atomic E-state index is 11.4. The van der Waals surface area contributed by atoms with Crippen molar-refractivity contribution in [3.05, 3.63) is 0 Å². The number of carbonyl (C=O) groups excluding carboxylic acids is 1. The summed E-state index contributed by atoms with van der Waals surface area (Å²) in [4.78, 5) is 22.3. The van der Waals surface area contributed by atoms with E-state index in [4.69, 9.17) is 5.11 Å². The molecule has 1 fully saturated rings. The third kappa shape index (κ3) is 4.18. The van der Waals surface area contributed by atoms with Gasteiger partial charge in [0.05, 0.1) is 5.92 Å². The fraction of sp³-hybridized carbons (Fsp3) is 0.818. The number of hydrogen-bond acceptors (Lipinski definition) is 3. The summed E-state index contributed by atoms with van der Waals surface area (Å²) in [6.07, 6.45) is 3.53. The van der Waals surface area contributed by atoms with Crippen LogP contribution in [-0.4, -0.2) is 36.6 Å². The van der Waals surface area contributed by atoms with Crippen LogP contribution in [0.4, 0.5) is 0 Å². The topological polar surface area (TPSA) is 78.4 Å². The van der Waals surface area contributed by atoms with Gasteiger partial charge in [-0.05, 0) is 26.3 Å². The van der Waals surface area contributed by atoms with Crippen LogP contribution >= 0.6 is 0 Å². The van der Waals surface area contributed by atoms with E-state index in [1.807, 2.05) is 0 Å². The van der Waals surface area contributed by atoms with Gasteiger partial charge in [-0.1, -0.05) is 6.42 Å². The third-order valence-electron chi connectivity index (χ3n) is 2.99. The molecule has 0 aromatic rings. The molecule has 16 heavy (non-hydrogen) atoms. The van der Waals surface area contributed by atoms with E-state index in [1.54, 1.807) is 7.05 Å². The molecule has 1 amide bonds. The zero-order valence-corrected chi connectivity index (χ0v) is 9.66. The van der Waals surface area contributed by atoms with Crippen LogP contribution in [-0.2, 0) is 9.59 Å². The molecular formula is C11H20N2O3. The lowest BCUT2D eigenvalue weighted by molar-refractivity contribution is -0.143. The number of rotatable bonds is 5. The summed E-state index contributed by atoms with van der Waals surface area (Å²) in [5.41, 5.74) is 0. The minimum atomic E-state index is -0.742. The van der Waals surface area contributed by atoms with Gasteiger partial charge in [0.15, 0.2) is 0 Å². The molecule has 0 aliphatic heterocycles. The number of carbonyl (C=O) groups is 2. The second-order valence-corrected chi connectivity index (χ2v) is 4.32. The van der Waals surface area contributed by atoms with Gasteiger partial charge in [-0.25, -0.2) is 0 Å². The Labute approximate surface area is 95.6 Å². The monoisotopic (exact) mass is 228 g/mol. The molecule has 1 rings (SSSR count). The van der Waals surface area contributed by atoms with Gasteiger partial charge in [-0.15, -0.1) is 0 Å². The van der Waals surface area contributed by atoms with Crippen molar-refractivity contribution in [2.24, 2.45) is 5.92 Å². The average molecular weight is 228 g/mol. The van der Waals surface area contributed by atoms with Crippen molar-refractivity contribution in [3.63, 3.8) is 0 Å². The summed E-state index contributed by atoms with van der Waals surface area (Å²) in [5.74, 6) is -1.03. The molecule has 1 aliphatic rings. The van der Waals surface area contributed by atoms with E-state index in [2.05, 4.69) is 10.6 Å². The van der Waals surface area contributed by atoms with Crippen molar-refractivity contribution in [2.75, 3.05) is 13.6 Å². The smallest absolute Gasteiger partial charge is 0.306 e. The van der Waals surface area contributed by atoms with Gasteiger partial charge in [0, 0.05) is 19.0 Å². The third-order valence-corrected chi connectivity index (χ3v) is 2.99. The van der Waals surface area contributed by atoms with Gasteiger partial charge < -0.3 is 15.7 Å². The molecule has 3 N–H and O–H groups in total. The highest BCUT2D eigenvalue weighted by Crippen LogP contribution is 2.24. The van der Waals surface area contributed by atoms with Crippen molar-refractivity contribution in [3.8, 4) is 0 Å². The zero-order valence-electron chi connectivity index (χ0n) is 9.66. The first-order chi connectivity index (χ1) is 7.63. The normalized spacial score (nSPS) is 25.1. The largest absolute Gasteiger partial charge is 0.481 e. The van der Waals surface area contributed by atoms with Crippen LogP contribution in [0.1, 0.15) is 32.1 Å². The second kappa shape index (κ2) is 6.48. The Kier molecular flexibility index (Phi) is 5.25. The lowest BCUT2D eigenvalue weighted by Crippen LogP contribution is -2.40. The maximum Gasteiger partial charge on any atom is 0.306 e. The highest BCUT2D eigenvalue weighted by atomic mass is 16.4. The summed E-state index contributed by atoms with van der Waals surface area (Å²) in [6.45, 7) is 0.654. The first-order valence-corrected chi connectivity index (χ1v) is 5.80. The van der Waals surface area contributed by atoms with E-state index in [-0.39, 0.29) is 17.9 Å². The molecule has 0 aromatic carbocycles. The minimum Gasteiger partial charge on any atom is -0.481 e. The van der Waals surface area contributed by atoms with Crippen LogP contribution in [0.15, 0.2) is 0 Å². The van der Waals surface area contributed by atoms with Crippen molar-refractivity contribution in [1.82, 2.24) is 10.6 Å². The second-order valence-electron chi connectivity index (χ2n) is 4.32. The van der Waals surface area contributed by atoms with Crippen LogP contribution in [0.25, 0.3) is 0 Å². The van der Waals surface area contributed by atoms with Gasteiger partial charge in [0.2, 0.25) is 5.91 Å². The maximum atomic E-state index is 11.4. The van der Waals surface area contributed by atoms with Gasteiger partial charge in [0.25, 0.3) is 0 Å². The number of nitrogens with one attached hydrogen (secondary N) is 2. The average Bonchev–Trinajstić information content (AvgIpc) is 2.26. The first kappa shape index (κ1) is 13.0. The lowest BCUT2D eigenvalue weighted by atomic mass is 9.86. The fourth-order valence-electron chi connectivity index (χ4n) is 2.08. The Morgan fingerprint density at radius 2 is 2.12 bits per heavy atom. The molecular weight excluding hydrogens is 208 g/mol. The number of amides is 1. The zero-order chi connectivity index (χ0) is 12.0. The molecule has 0 heterocycles. The van der Waals surface area contributed by atoms with Gasteiger partial charge >= 0.3 is 5.97 Å². The Morgan fingerprint density at radius 3 is 2.75 bits per heavy atom. The summed E-state index contributed by atoms with van der Waals surface area (Å²) >= 11 is 0. The van der Waals surface area contributed by atoms with Gasteiger partial charge in [0.1, 0.15) is 0 Å². The minimum absolute atomic E-state index is 0.00499. The summed E-state index contributed by atoms with van der Waals surface area (Å²) < 4.78 is 0. The van der Waals surface area contributed by atoms with Crippen molar-refractivity contribution >= 4 is 11.9 Å². The fourth-order valence-corrected chi connectivity index (χ4v) is 2.08. The van der Waals surface area contributed by atoms with E-state index in [0.29, 0.717) is 19.4 Å². The predicted octanol–water partition coefficient (Wildman–Crippen LogP) is 0.355. The van der Waals surface area contributed by atoms with Crippen molar-refractivity contribution in [1.29, 1.82) is 0 Å². The van der Waals surface area contributed by atoms with Crippen LogP contribution < -0.4 is 10.6 Å². The van der Waals surface area contributed by atoms with E-state index in [0.717, 1.165) is 19.3 Å². The van der Waals surface area contributed by atoms with E-state index in [1.165, 1.54) is 0 Å². The number of carboxylic acids is 1. The highest BCUT2D eigenvalue weighted by molar-refractivity contribution is 5.76. The number of aliphatic carboxylic acids is 1. The van der Waals surface area contributed by atoms with Crippen LogP contribution in [0.2, 0.25) is 0 Å². The summed E-state index contributed by atoms with van der Waals surface area (Å²) in [7, 11) is 1.80. The molecule has 1 saturated carbocycles. The Balaban J connectivity index is 2.31. The molecule has 2 unspecified atom stereocenters. The van der Waals surface area contributed by atoms with E-state index < -0.39 is 5.97 Å². The molecule has 0 bridgehead atoms. The van der Waals surface area contributed by atoms with Crippen molar-refractivity contribution in [2.45, 2.75) is 38.1 Å². The summed E-state index contributed by atoms with van der Waals surface area (Å²) in [5, 5.41) is 14.7. The summed E-state index contributed by atoms with van der Waals surface area (Å²) in [6, 6.07) is 0.0409. The van der Waals surface area contributed by atoms with Gasteiger partial charge in [-0.3, -0.25) is 9.59 Å². The highest BCUT2D eigenvalue weighted by Gasteiger charge is 2.27. The molecule has 92 valence electrons. The molecule has 5 heteroatoms.